The van der Waals surface area contributed by atoms with Gasteiger partial charge in [-0.15, -0.1) is 0 Å². The van der Waals surface area contributed by atoms with E-state index in [0.29, 0.717) is 26.2 Å². The molecule has 2 aromatic carbocycles. The molecule has 5 nitrogen and oxygen atoms in total. The standard InChI is InChI=1S/C24H27NO4/c1-2-27-23(26)14-7-4-8-17-28-21-15-16-25-24-20(21)12-9-13-22(24)29-18-19-10-5-3-6-11-19/h3,5-6,9-13,15-16H,2,4,7-8,14,17-18H2,1H3. The maximum Gasteiger partial charge on any atom is 0.305 e. The Morgan fingerprint density at radius 1 is 0.897 bits per heavy atom. The zero-order valence-electron chi connectivity index (χ0n) is 16.8. The molecule has 1 heterocycles. The van der Waals surface area contributed by atoms with Gasteiger partial charge >= 0.3 is 5.97 Å². The van der Waals surface area contributed by atoms with Crippen molar-refractivity contribution in [2.45, 2.75) is 39.2 Å². The van der Waals surface area contributed by atoms with Crippen LogP contribution in [0.15, 0.2) is 60.8 Å². The van der Waals surface area contributed by atoms with Gasteiger partial charge in [0.1, 0.15) is 23.6 Å². The molecular weight excluding hydrogens is 366 g/mol. The van der Waals surface area contributed by atoms with E-state index < -0.39 is 0 Å². The Kier molecular flexibility index (Phi) is 7.87. The van der Waals surface area contributed by atoms with Crippen molar-refractivity contribution >= 4 is 16.9 Å². The average molecular weight is 393 g/mol. The van der Waals surface area contributed by atoms with Crippen molar-refractivity contribution in [3.63, 3.8) is 0 Å². The fourth-order valence-electron chi connectivity index (χ4n) is 3.06. The Labute approximate surface area is 171 Å². The molecular formula is C24H27NO4. The Morgan fingerprint density at radius 2 is 1.76 bits per heavy atom. The average Bonchev–Trinajstić information content (AvgIpc) is 2.75. The van der Waals surface area contributed by atoms with Gasteiger partial charge in [-0.3, -0.25) is 9.78 Å². The Bertz CT molecular complexity index is 911. The smallest absolute Gasteiger partial charge is 0.305 e. The zero-order chi connectivity index (χ0) is 20.3. The van der Waals surface area contributed by atoms with E-state index in [1.807, 2.05) is 61.5 Å². The van der Waals surface area contributed by atoms with Crippen molar-refractivity contribution < 1.29 is 19.0 Å². The molecule has 0 fully saturated rings. The number of fused-ring (bicyclic) bond motifs is 1. The van der Waals surface area contributed by atoms with Gasteiger partial charge in [-0.1, -0.05) is 36.4 Å². The third-order valence-corrected chi connectivity index (χ3v) is 4.52. The second-order valence-electron chi connectivity index (χ2n) is 6.70. The Balaban J connectivity index is 1.55. The zero-order valence-corrected chi connectivity index (χ0v) is 16.8. The van der Waals surface area contributed by atoms with Crippen LogP contribution in [0.5, 0.6) is 11.5 Å². The van der Waals surface area contributed by atoms with E-state index in [4.69, 9.17) is 14.2 Å². The molecule has 0 aliphatic heterocycles. The molecule has 0 spiro atoms. The number of esters is 1. The predicted octanol–water partition coefficient (Wildman–Crippen LogP) is 5.32. The highest BCUT2D eigenvalue weighted by atomic mass is 16.5. The van der Waals surface area contributed by atoms with Crippen molar-refractivity contribution in [1.29, 1.82) is 0 Å². The van der Waals surface area contributed by atoms with E-state index in [9.17, 15) is 4.79 Å². The molecule has 0 aliphatic rings. The quantitative estimate of drug-likeness (QED) is 0.326. The second-order valence-corrected chi connectivity index (χ2v) is 6.70. The van der Waals surface area contributed by atoms with Gasteiger partial charge in [0.05, 0.1) is 13.2 Å². The number of aromatic nitrogens is 1. The maximum absolute atomic E-state index is 11.3. The van der Waals surface area contributed by atoms with Crippen LogP contribution in [0.2, 0.25) is 0 Å². The number of unbranched alkanes of at least 4 members (excludes halogenated alkanes) is 2. The number of hydrogen-bond acceptors (Lipinski definition) is 5. The fraction of sp³-hybridized carbons (Fsp3) is 0.333. The third-order valence-electron chi connectivity index (χ3n) is 4.52. The first-order valence-corrected chi connectivity index (χ1v) is 10.1. The molecule has 29 heavy (non-hydrogen) atoms. The van der Waals surface area contributed by atoms with Crippen molar-refractivity contribution in [3.05, 3.63) is 66.4 Å². The molecule has 0 amide bonds. The summed E-state index contributed by atoms with van der Waals surface area (Å²) >= 11 is 0. The van der Waals surface area contributed by atoms with Crippen LogP contribution < -0.4 is 9.47 Å². The van der Waals surface area contributed by atoms with Gasteiger partial charge in [0.25, 0.3) is 0 Å². The molecule has 5 heteroatoms. The highest BCUT2D eigenvalue weighted by Gasteiger charge is 2.09. The molecule has 152 valence electrons. The summed E-state index contributed by atoms with van der Waals surface area (Å²) in [6, 6.07) is 17.8. The summed E-state index contributed by atoms with van der Waals surface area (Å²) in [5.74, 6) is 1.41. The lowest BCUT2D eigenvalue weighted by atomic mass is 10.2. The summed E-state index contributed by atoms with van der Waals surface area (Å²) in [5, 5.41) is 0.935. The van der Waals surface area contributed by atoms with E-state index in [1.54, 1.807) is 6.20 Å². The van der Waals surface area contributed by atoms with Crippen LogP contribution in [-0.2, 0) is 16.1 Å². The van der Waals surface area contributed by atoms with Crippen LogP contribution in [-0.4, -0.2) is 24.2 Å². The first kappa shape index (κ1) is 20.6. The van der Waals surface area contributed by atoms with Crippen molar-refractivity contribution in [1.82, 2.24) is 4.98 Å². The summed E-state index contributed by atoms with van der Waals surface area (Å²) in [6.45, 7) is 3.35. The lowest BCUT2D eigenvalue weighted by Gasteiger charge is -2.12. The van der Waals surface area contributed by atoms with Crippen molar-refractivity contribution in [2.24, 2.45) is 0 Å². The molecule has 1 aromatic heterocycles. The van der Waals surface area contributed by atoms with E-state index >= 15 is 0 Å². The van der Waals surface area contributed by atoms with Gasteiger partial charge in [-0.25, -0.2) is 0 Å². The number of carbonyl (C=O) groups is 1. The highest BCUT2D eigenvalue weighted by molar-refractivity contribution is 5.89. The van der Waals surface area contributed by atoms with E-state index in [0.717, 1.165) is 47.2 Å². The van der Waals surface area contributed by atoms with E-state index in [1.165, 1.54) is 0 Å². The van der Waals surface area contributed by atoms with Gasteiger partial charge in [0.2, 0.25) is 0 Å². The van der Waals surface area contributed by atoms with Crippen LogP contribution in [0, 0.1) is 0 Å². The molecule has 0 radical (unpaired) electrons. The monoisotopic (exact) mass is 393 g/mol. The minimum Gasteiger partial charge on any atom is -0.493 e. The van der Waals surface area contributed by atoms with Gasteiger partial charge in [0, 0.05) is 18.0 Å². The van der Waals surface area contributed by atoms with Gasteiger partial charge in [0.15, 0.2) is 0 Å². The molecule has 0 N–H and O–H groups in total. The summed E-state index contributed by atoms with van der Waals surface area (Å²) in [4.78, 5) is 15.8. The largest absolute Gasteiger partial charge is 0.493 e. The fourth-order valence-corrected chi connectivity index (χ4v) is 3.06. The molecule has 3 rings (SSSR count). The molecule has 0 atom stereocenters. The Hall–Kier alpha value is -3.08. The molecule has 3 aromatic rings. The number of pyridine rings is 1. The molecule has 0 aliphatic carbocycles. The van der Waals surface area contributed by atoms with E-state index in [-0.39, 0.29) is 5.97 Å². The lowest BCUT2D eigenvalue weighted by Crippen LogP contribution is -2.04. The van der Waals surface area contributed by atoms with Crippen LogP contribution >= 0.6 is 0 Å². The SMILES string of the molecule is CCOC(=O)CCCCCOc1ccnc2c(OCc3ccccc3)cccc12. The summed E-state index contributed by atoms with van der Waals surface area (Å²) in [5.41, 5.74) is 1.91. The lowest BCUT2D eigenvalue weighted by molar-refractivity contribution is -0.143. The number of para-hydroxylation sites is 1. The number of hydrogen-bond donors (Lipinski definition) is 0. The minimum absolute atomic E-state index is 0.128. The van der Waals surface area contributed by atoms with E-state index in [2.05, 4.69) is 4.98 Å². The third kappa shape index (κ3) is 6.21. The van der Waals surface area contributed by atoms with Gasteiger partial charge < -0.3 is 14.2 Å². The molecule has 0 saturated heterocycles. The topological polar surface area (TPSA) is 57.7 Å². The highest BCUT2D eigenvalue weighted by Crippen LogP contribution is 2.31. The normalized spacial score (nSPS) is 10.7. The first-order valence-electron chi connectivity index (χ1n) is 10.1. The number of rotatable bonds is 11. The van der Waals surface area contributed by atoms with Crippen molar-refractivity contribution in [3.8, 4) is 11.5 Å². The van der Waals surface area contributed by atoms with Gasteiger partial charge in [-0.2, -0.15) is 0 Å². The number of ether oxygens (including phenoxy) is 3. The summed E-state index contributed by atoms with van der Waals surface area (Å²) in [7, 11) is 0. The second kappa shape index (κ2) is 11.1. The molecule has 0 bridgehead atoms. The molecule has 0 unspecified atom stereocenters. The Morgan fingerprint density at radius 3 is 2.59 bits per heavy atom. The van der Waals surface area contributed by atoms with Gasteiger partial charge in [-0.05, 0) is 49.9 Å². The summed E-state index contributed by atoms with van der Waals surface area (Å²) < 4.78 is 16.9. The number of carbonyl (C=O) groups excluding carboxylic acids is 1. The van der Waals surface area contributed by atoms with Crippen molar-refractivity contribution in [2.75, 3.05) is 13.2 Å². The first-order chi connectivity index (χ1) is 14.3. The van der Waals surface area contributed by atoms with Crippen LogP contribution in [0.1, 0.15) is 38.2 Å². The van der Waals surface area contributed by atoms with Crippen LogP contribution in [0.25, 0.3) is 10.9 Å². The van der Waals surface area contributed by atoms with Crippen LogP contribution in [0.3, 0.4) is 0 Å². The van der Waals surface area contributed by atoms with Crippen LogP contribution in [0.4, 0.5) is 0 Å². The minimum atomic E-state index is -0.128. The maximum atomic E-state index is 11.3. The summed E-state index contributed by atoms with van der Waals surface area (Å²) in [6.07, 6.45) is 4.83. The predicted molar refractivity (Wildman–Crippen MR) is 113 cm³/mol. The number of nitrogens with zero attached hydrogens (tertiary/aromatic N) is 1. The molecule has 0 saturated carbocycles. The number of benzene rings is 2.